The molecule has 0 saturated heterocycles. The van der Waals surface area contributed by atoms with Crippen LogP contribution in [0.3, 0.4) is 0 Å². The molecule has 0 heterocycles. The van der Waals surface area contributed by atoms with E-state index >= 15 is 0 Å². The number of nitrogens with one attached hydrogen (secondary N) is 2. The maximum atomic E-state index is 13.0. The first-order chi connectivity index (χ1) is 10.0. The van der Waals surface area contributed by atoms with Crippen LogP contribution in [0.25, 0.3) is 0 Å². The lowest BCUT2D eigenvalue weighted by Gasteiger charge is -2.14. The predicted molar refractivity (Wildman–Crippen MR) is 84.8 cm³/mol. The molecule has 1 atom stereocenters. The fourth-order valence-electron chi connectivity index (χ4n) is 2.20. The Kier molecular flexibility index (Phi) is 7.98. The summed E-state index contributed by atoms with van der Waals surface area (Å²) >= 11 is 0. The Hall–Kier alpha value is -1.42. The van der Waals surface area contributed by atoms with E-state index in [1.54, 1.807) is 6.07 Å². The zero-order valence-corrected chi connectivity index (χ0v) is 13.3. The lowest BCUT2D eigenvalue weighted by molar-refractivity contribution is -0.122. The summed E-state index contributed by atoms with van der Waals surface area (Å²) in [6.07, 6.45) is 4.12. The summed E-state index contributed by atoms with van der Waals surface area (Å²) in [5.41, 5.74) is 2.06. The van der Waals surface area contributed by atoms with Crippen molar-refractivity contribution in [2.24, 2.45) is 0 Å². The summed E-state index contributed by atoms with van der Waals surface area (Å²) in [6.45, 7) is 7.37. The van der Waals surface area contributed by atoms with E-state index in [4.69, 9.17) is 0 Å². The second kappa shape index (κ2) is 9.50. The molecular formula is C17H27FN2O. The third-order valence-electron chi connectivity index (χ3n) is 3.62. The number of benzene rings is 1. The standard InChI is InChI=1S/C17H27FN2O/c1-4-5-6-10-20-17(21)14(3)19-11-9-15-7-8-16(18)12-13(15)2/h7-8,12,14,19H,4-6,9-11H2,1-3H3,(H,20,21). The highest BCUT2D eigenvalue weighted by Crippen LogP contribution is 2.10. The minimum atomic E-state index is -0.205. The van der Waals surface area contributed by atoms with Gasteiger partial charge >= 0.3 is 0 Å². The van der Waals surface area contributed by atoms with Gasteiger partial charge in [-0.15, -0.1) is 0 Å². The lowest BCUT2D eigenvalue weighted by atomic mass is 10.1. The van der Waals surface area contributed by atoms with Crippen LogP contribution in [-0.2, 0) is 11.2 Å². The van der Waals surface area contributed by atoms with E-state index in [9.17, 15) is 9.18 Å². The van der Waals surface area contributed by atoms with Gasteiger partial charge in [-0.05, 0) is 56.5 Å². The summed E-state index contributed by atoms with van der Waals surface area (Å²) in [5, 5.41) is 6.14. The topological polar surface area (TPSA) is 41.1 Å². The summed E-state index contributed by atoms with van der Waals surface area (Å²) in [5.74, 6) is -0.161. The zero-order valence-electron chi connectivity index (χ0n) is 13.3. The highest BCUT2D eigenvalue weighted by Gasteiger charge is 2.11. The molecule has 0 fully saturated rings. The fraction of sp³-hybridized carbons (Fsp3) is 0.588. The third-order valence-corrected chi connectivity index (χ3v) is 3.62. The van der Waals surface area contributed by atoms with Crippen LogP contribution in [-0.4, -0.2) is 25.0 Å². The van der Waals surface area contributed by atoms with Gasteiger partial charge in [-0.25, -0.2) is 4.39 Å². The highest BCUT2D eigenvalue weighted by atomic mass is 19.1. The minimum absolute atomic E-state index is 0.0435. The first-order valence-electron chi connectivity index (χ1n) is 7.80. The molecule has 0 aliphatic carbocycles. The van der Waals surface area contributed by atoms with E-state index in [1.165, 1.54) is 6.07 Å². The van der Waals surface area contributed by atoms with Crippen molar-refractivity contribution >= 4 is 5.91 Å². The van der Waals surface area contributed by atoms with Gasteiger partial charge < -0.3 is 10.6 Å². The van der Waals surface area contributed by atoms with Crippen molar-refractivity contribution < 1.29 is 9.18 Å². The molecule has 1 aromatic rings. The molecule has 0 aromatic heterocycles. The molecule has 0 saturated carbocycles. The number of hydrogen-bond donors (Lipinski definition) is 2. The molecule has 21 heavy (non-hydrogen) atoms. The van der Waals surface area contributed by atoms with E-state index in [1.807, 2.05) is 19.9 Å². The summed E-state index contributed by atoms with van der Waals surface area (Å²) in [4.78, 5) is 11.8. The molecule has 118 valence electrons. The first-order valence-corrected chi connectivity index (χ1v) is 7.80. The van der Waals surface area contributed by atoms with Crippen LogP contribution in [0.15, 0.2) is 18.2 Å². The molecule has 1 unspecified atom stereocenters. The zero-order chi connectivity index (χ0) is 15.7. The molecular weight excluding hydrogens is 267 g/mol. The largest absolute Gasteiger partial charge is 0.355 e. The van der Waals surface area contributed by atoms with Crippen molar-refractivity contribution in [1.82, 2.24) is 10.6 Å². The molecule has 0 aliphatic heterocycles. The Morgan fingerprint density at radius 3 is 2.71 bits per heavy atom. The molecule has 1 amide bonds. The van der Waals surface area contributed by atoms with Gasteiger partial charge in [0.15, 0.2) is 0 Å². The average Bonchev–Trinajstić information content (AvgIpc) is 2.45. The number of aryl methyl sites for hydroxylation is 1. The van der Waals surface area contributed by atoms with Gasteiger partial charge in [-0.3, -0.25) is 4.79 Å². The smallest absolute Gasteiger partial charge is 0.236 e. The first kappa shape index (κ1) is 17.6. The second-order valence-corrected chi connectivity index (χ2v) is 5.49. The van der Waals surface area contributed by atoms with Crippen molar-refractivity contribution in [3.05, 3.63) is 35.1 Å². The van der Waals surface area contributed by atoms with Gasteiger partial charge in [-0.2, -0.15) is 0 Å². The van der Waals surface area contributed by atoms with E-state index in [2.05, 4.69) is 17.6 Å². The normalized spacial score (nSPS) is 12.2. The van der Waals surface area contributed by atoms with E-state index < -0.39 is 0 Å². The molecule has 4 heteroatoms. The molecule has 3 nitrogen and oxygen atoms in total. The molecule has 1 aromatic carbocycles. The number of amides is 1. The Bertz CT molecular complexity index is 448. The summed E-state index contributed by atoms with van der Waals surface area (Å²) < 4.78 is 13.0. The van der Waals surface area contributed by atoms with Crippen molar-refractivity contribution in [1.29, 1.82) is 0 Å². The van der Waals surface area contributed by atoms with Crippen LogP contribution < -0.4 is 10.6 Å². The van der Waals surface area contributed by atoms with Crippen LogP contribution in [0, 0.1) is 12.7 Å². The number of hydrogen-bond acceptors (Lipinski definition) is 2. The van der Waals surface area contributed by atoms with Crippen molar-refractivity contribution in [2.45, 2.75) is 52.5 Å². The van der Waals surface area contributed by atoms with E-state index in [-0.39, 0.29) is 17.8 Å². The number of rotatable bonds is 9. The van der Waals surface area contributed by atoms with Gasteiger partial charge in [0.25, 0.3) is 0 Å². The SMILES string of the molecule is CCCCCNC(=O)C(C)NCCc1ccc(F)cc1C. The van der Waals surface area contributed by atoms with Crippen molar-refractivity contribution in [3.8, 4) is 0 Å². The van der Waals surface area contributed by atoms with Crippen LogP contribution in [0.1, 0.15) is 44.2 Å². The Balaban J connectivity index is 2.26. The Morgan fingerprint density at radius 2 is 2.05 bits per heavy atom. The molecule has 0 aliphatic rings. The third kappa shape index (κ3) is 6.71. The highest BCUT2D eigenvalue weighted by molar-refractivity contribution is 5.81. The molecule has 2 N–H and O–H groups in total. The fourth-order valence-corrected chi connectivity index (χ4v) is 2.20. The van der Waals surface area contributed by atoms with Gasteiger partial charge in [0.05, 0.1) is 6.04 Å². The van der Waals surface area contributed by atoms with Gasteiger partial charge in [0, 0.05) is 6.54 Å². The lowest BCUT2D eigenvalue weighted by Crippen LogP contribution is -2.43. The number of carbonyl (C=O) groups excluding carboxylic acids is 1. The maximum Gasteiger partial charge on any atom is 0.236 e. The van der Waals surface area contributed by atoms with E-state index in [0.717, 1.165) is 43.4 Å². The average molecular weight is 294 g/mol. The molecule has 0 spiro atoms. The van der Waals surface area contributed by atoms with Gasteiger partial charge in [-0.1, -0.05) is 25.8 Å². The van der Waals surface area contributed by atoms with Crippen molar-refractivity contribution in [2.75, 3.05) is 13.1 Å². The van der Waals surface area contributed by atoms with Crippen LogP contribution in [0.5, 0.6) is 0 Å². The maximum absolute atomic E-state index is 13.0. The number of unbranched alkanes of at least 4 members (excludes halogenated alkanes) is 2. The van der Waals surface area contributed by atoms with Crippen LogP contribution >= 0.6 is 0 Å². The molecule has 1 rings (SSSR count). The Morgan fingerprint density at radius 1 is 1.29 bits per heavy atom. The van der Waals surface area contributed by atoms with Crippen LogP contribution in [0.4, 0.5) is 4.39 Å². The minimum Gasteiger partial charge on any atom is -0.355 e. The van der Waals surface area contributed by atoms with Gasteiger partial charge in [0.1, 0.15) is 5.82 Å². The van der Waals surface area contributed by atoms with Gasteiger partial charge in [0.2, 0.25) is 5.91 Å². The van der Waals surface area contributed by atoms with E-state index in [0.29, 0.717) is 6.54 Å². The quantitative estimate of drug-likeness (QED) is 0.688. The predicted octanol–water partition coefficient (Wildman–Crippen LogP) is 2.96. The molecule has 0 bridgehead atoms. The summed E-state index contributed by atoms with van der Waals surface area (Å²) in [7, 11) is 0. The second-order valence-electron chi connectivity index (χ2n) is 5.49. The monoisotopic (exact) mass is 294 g/mol. The van der Waals surface area contributed by atoms with Crippen molar-refractivity contribution in [3.63, 3.8) is 0 Å². The van der Waals surface area contributed by atoms with Crippen LogP contribution in [0.2, 0.25) is 0 Å². The number of carbonyl (C=O) groups is 1. The molecule has 0 radical (unpaired) electrons. The number of halogens is 1. The summed E-state index contributed by atoms with van der Waals surface area (Å²) in [6, 6.07) is 4.63. The Labute approximate surface area is 127 Å².